The van der Waals surface area contributed by atoms with Crippen LogP contribution in [0, 0.1) is 5.92 Å². The normalized spacial score (nSPS) is 20.2. The minimum absolute atomic E-state index is 0.0104. The number of halogens is 3. The van der Waals surface area contributed by atoms with Crippen LogP contribution in [-0.4, -0.2) is 35.7 Å². The van der Waals surface area contributed by atoms with Crippen LogP contribution in [0.3, 0.4) is 0 Å². The van der Waals surface area contributed by atoms with Crippen molar-refractivity contribution in [3.8, 4) is 0 Å². The third kappa shape index (κ3) is 6.31. The minimum Gasteiger partial charge on any atom is -0.481 e. The lowest BCUT2D eigenvalue weighted by atomic mass is 9.85. The molecular weight excluding hydrogens is 395 g/mol. The van der Waals surface area contributed by atoms with Crippen LogP contribution in [-0.2, 0) is 22.3 Å². The number of ether oxygens (including phenoxy) is 1. The predicted molar refractivity (Wildman–Crippen MR) is 107 cm³/mol. The molecule has 30 heavy (non-hydrogen) atoms. The number of likely N-dealkylation sites (tertiary alicyclic amines) is 1. The first kappa shape index (κ1) is 22.3. The molecule has 162 valence electrons. The molecule has 1 aliphatic rings. The summed E-state index contributed by atoms with van der Waals surface area (Å²) in [6.07, 6.45) is -2.93. The Morgan fingerprint density at radius 2 is 1.80 bits per heavy atom. The summed E-state index contributed by atoms with van der Waals surface area (Å²) < 4.78 is 44.5. The molecule has 2 aromatic rings. The summed E-state index contributed by atoms with van der Waals surface area (Å²) >= 11 is 0. The van der Waals surface area contributed by atoms with Crippen LogP contribution in [0.5, 0.6) is 0 Å². The molecule has 0 aromatic heterocycles. The molecule has 1 N–H and O–H groups in total. The van der Waals surface area contributed by atoms with Gasteiger partial charge in [-0.2, -0.15) is 13.2 Å². The zero-order valence-electron chi connectivity index (χ0n) is 16.6. The summed E-state index contributed by atoms with van der Waals surface area (Å²) in [7, 11) is 0. The van der Waals surface area contributed by atoms with E-state index in [0.29, 0.717) is 32.7 Å². The number of alkyl halides is 3. The zero-order chi connectivity index (χ0) is 21.6. The predicted octanol–water partition coefficient (Wildman–Crippen LogP) is 5.15. The average molecular weight is 421 g/mol. The highest BCUT2D eigenvalue weighted by atomic mass is 19.4. The van der Waals surface area contributed by atoms with E-state index in [4.69, 9.17) is 9.84 Å². The van der Waals surface area contributed by atoms with Crippen LogP contribution in [0.25, 0.3) is 0 Å². The first-order valence-electron chi connectivity index (χ1n) is 10.1. The third-order valence-corrected chi connectivity index (χ3v) is 5.54. The van der Waals surface area contributed by atoms with Crippen molar-refractivity contribution in [1.29, 1.82) is 0 Å². The number of aliphatic carboxylic acids is 1. The van der Waals surface area contributed by atoms with Gasteiger partial charge in [0.15, 0.2) is 0 Å². The van der Waals surface area contributed by atoms with Gasteiger partial charge < -0.3 is 9.84 Å². The van der Waals surface area contributed by atoms with Crippen molar-refractivity contribution < 1.29 is 27.8 Å². The van der Waals surface area contributed by atoms with E-state index in [1.165, 1.54) is 12.1 Å². The van der Waals surface area contributed by atoms with Crippen molar-refractivity contribution >= 4 is 5.97 Å². The molecule has 4 nitrogen and oxygen atoms in total. The molecule has 2 atom stereocenters. The Morgan fingerprint density at radius 1 is 1.10 bits per heavy atom. The Balaban J connectivity index is 1.64. The van der Waals surface area contributed by atoms with E-state index in [1.807, 2.05) is 30.3 Å². The van der Waals surface area contributed by atoms with Crippen LogP contribution in [0.4, 0.5) is 13.2 Å². The number of rotatable bonds is 8. The molecule has 0 saturated carbocycles. The highest BCUT2D eigenvalue weighted by Gasteiger charge is 2.33. The van der Waals surface area contributed by atoms with Crippen LogP contribution in [0.15, 0.2) is 54.6 Å². The van der Waals surface area contributed by atoms with Crippen molar-refractivity contribution in [3.05, 3.63) is 71.3 Å². The monoisotopic (exact) mass is 421 g/mol. The van der Waals surface area contributed by atoms with Crippen molar-refractivity contribution in [2.24, 2.45) is 5.92 Å². The Kier molecular flexibility index (Phi) is 7.50. The maximum absolute atomic E-state index is 12.9. The molecule has 1 heterocycles. The summed E-state index contributed by atoms with van der Waals surface area (Å²) in [5, 5.41) is 9.14. The zero-order valence-corrected chi connectivity index (χ0v) is 16.6. The van der Waals surface area contributed by atoms with Gasteiger partial charge in [0, 0.05) is 19.0 Å². The van der Waals surface area contributed by atoms with Crippen molar-refractivity contribution in [1.82, 2.24) is 4.90 Å². The maximum Gasteiger partial charge on any atom is 0.416 e. The van der Waals surface area contributed by atoms with Gasteiger partial charge in [-0.1, -0.05) is 42.5 Å². The lowest BCUT2D eigenvalue weighted by molar-refractivity contribution is -0.139. The van der Waals surface area contributed by atoms with Gasteiger partial charge in [-0.15, -0.1) is 0 Å². The van der Waals surface area contributed by atoms with E-state index in [0.717, 1.165) is 29.7 Å². The quantitative estimate of drug-likeness (QED) is 0.599. The van der Waals surface area contributed by atoms with Gasteiger partial charge in [-0.25, -0.2) is 0 Å². The van der Waals surface area contributed by atoms with Gasteiger partial charge in [0.25, 0.3) is 0 Å². The van der Waals surface area contributed by atoms with Gasteiger partial charge in [0.2, 0.25) is 0 Å². The fourth-order valence-electron chi connectivity index (χ4n) is 3.97. The molecule has 3 rings (SSSR count). The molecule has 0 unspecified atom stereocenters. The Labute approximate surface area is 174 Å². The molecule has 0 spiro atoms. The van der Waals surface area contributed by atoms with Crippen LogP contribution >= 0.6 is 0 Å². The Hall–Kier alpha value is -2.38. The summed E-state index contributed by atoms with van der Waals surface area (Å²) in [4.78, 5) is 13.3. The third-order valence-electron chi connectivity index (χ3n) is 5.54. The van der Waals surface area contributed by atoms with Gasteiger partial charge in [-0.05, 0) is 48.6 Å². The van der Waals surface area contributed by atoms with E-state index in [2.05, 4.69) is 4.90 Å². The standard InChI is InChI=1S/C23H26F3NO3/c24-23(25,26)20-8-6-19(7-9-20)21-14-18(15-22(28)29)10-11-27(21)12-13-30-16-17-4-2-1-3-5-17/h1-9,18,21H,10-16H2,(H,28,29)/t18-,21+/m1/s1. The van der Waals surface area contributed by atoms with Crippen molar-refractivity contribution in [2.75, 3.05) is 19.7 Å². The largest absolute Gasteiger partial charge is 0.481 e. The summed E-state index contributed by atoms with van der Waals surface area (Å²) in [5.41, 5.74) is 1.18. The van der Waals surface area contributed by atoms with E-state index >= 15 is 0 Å². The number of hydrogen-bond donors (Lipinski definition) is 1. The number of nitrogens with zero attached hydrogens (tertiary/aromatic N) is 1. The molecule has 1 saturated heterocycles. The molecule has 1 fully saturated rings. The molecule has 1 aliphatic heterocycles. The Bertz CT molecular complexity index is 809. The van der Waals surface area contributed by atoms with E-state index in [9.17, 15) is 18.0 Å². The average Bonchev–Trinajstić information content (AvgIpc) is 2.72. The summed E-state index contributed by atoms with van der Waals surface area (Å²) in [5.74, 6) is -0.831. The van der Waals surface area contributed by atoms with Crippen LogP contribution in [0.2, 0.25) is 0 Å². The molecule has 0 aliphatic carbocycles. The van der Waals surface area contributed by atoms with Crippen LogP contribution < -0.4 is 0 Å². The second-order valence-corrected chi connectivity index (χ2v) is 7.70. The SMILES string of the molecule is O=C(O)C[C@@H]1CCN(CCOCc2ccccc2)[C@H](c2ccc(C(F)(F)F)cc2)C1. The first-order chi connectivity index (χ1) is 14.3. The molecule has 0 radical (unpaired) electrons. The number of benzene rings is 2. The van der Waals surface area contributed by atoms with E-state index in [-0.39, 0.29) is 18.4 Å². The second kappa shape index (κ2) is 10.1. The first-order valence-corrected chi connectivity index (χ1v) is 10.1. The highest BCUT2D eigenvalue weighted by molar-refractivity contribution is 5.67. The molecular formula is C23H26F3NO3. The second-order valence-electron chi connectivity index (χ2n) is 7.70. The number of carboxylic acid groups (broad SMARTS) is 1. The number of hydrogen-bond acceptors (Lipinski definition) is 3. The van der Waals surface area contributed by atoms with Gasteiger partial charge in [0.05, 0.1) is 18.8 Å². The molecule has 2 aromatic carbocycles. The highest BCUT2D eigenvalue weighted by Crippen LogP contribution is 2.37. The number of carbonyl (C=O) groups is 1. The summed E-state index contributed by atoms with van der Waals surface area (Å²) in [6, 6.07) is 14.9. The minimum atomic E-state index is -4.37. The van der Waals surface area contributed by atoms with Gasteiger partial charge in [-0.3, -0.25) is 9.69 Å². The topological polar surface area (TPSA) is 49.8 Å². The maximum atomic E-state index is 12.9. The number of piperidine rings is 1. The fourth-order valence-corrected chi connectivity index (χ4v) is 3.97. The fraction of sp³-hybridized carbons (Fsp3) is 0.435. The summed E-state index contributed by atoms with van der Waals surface area (Å²) in [6.45, 7) is 2.33. The Morgan fingerprint density at radius 3 is 2.43 bits per heavy atom. The van der Waals surface area contributed by atoms with Crippen molar-refractivity contribution in [2.45, 2.75) is 38.1 Å². The van der Waals surface area contributed by atoms with Crippen molar-refractivity contribution in [3.63, 3.8) is 0 Å². The van der Waals surface area contributed by atoms with Gasteiger partial charge in [0.1, 0.15) is 0 Å². The lowest BCUT2D eigenvalue weighted by Crippen LogP contribution is -2.39. The molecule has 0 bridgehead atoms. The lowest BCUT2D eigenvalue weighted by Gasteiger charge is -2.39. The van der Waals surface area contributed by atoms with E-state index in [1.54, 1.807) is 0 Å². The van der Waals surface area contributed by atoms with E-state index < -0.39 is 17.7 Å². The number of carboxylic acids is 1. The van der Waals surface area contributed by atoms with Crippen LogP contribution in [0.1, 0.15) is 42.0 Å². The molecule has 0 amide bonds. The smallest absolute Gasteiger partial charge is 0.416 e. The van der Waals surface area contributed by atoms with Gasteiger partial charge >= 0.3 is 12.1 Å². The molecule has 7 heteroatoms.